The highest BCUT2D eigenvalue weighted by Crippen LogP contribution is 2.17. The molecule has 4 heteroatoms. The number of nitrogens with two attached hydrogens (primary N) is 1. The summed E-state index contributed by atoms with van der Waals surface area (Å²) in [5, 5.41) is 2.68. The maximum absolute atomic E-state index is 11.6. The van der Waals surface area contributed by atoms with E-state index < -0.39 is 6.10 Å². The van der Waals surface area contributed by atoms with E-state index >= 15 is 0 Å². The van der Waals surface area contributed by atoms with Gasteiger partial charge in [0.1, 0.15) is 5.75 Å². The number of ether oxygens (including phenoxy) is 1. The maximum atomic E-state index is 11.6. The van der Waals surface area contributed by atoms with Crippen LogP contribution in [0.25, 0.3) is 0 Å². The highest BCUT2D eigenvalue weighted by atomic mass is 16.5. The van der Waals surface area contributed by atoms with Crippen molar-refractivity contribution in [2.45, 2.75) is 26.0 Å². The predicted octanol–water partition coefficient (Wildman–Crippen LogP) is 1.78. The Labute approximate surface area is 108 Å². The van der Waals surface area contributed by atoms with Gasteiger partial charge in [0.05, 0.1) is 0 Å². The van der Waals surface area contributed by atoms with Crippen molar-refractivity contribution in [1.82, 2.24) is 5.32 Å². The van der Waals surface area contributed by atoms with Gasteiger partial charge in [-0.25, -0.2) is 0 Å². The van der Waals surface area contributed by atoms with Gasteiger partial charge in [-0.3, -0.25) is 4.79 Å². The molecule has 1 aromatic carbocycles. The van der Waals surface area contributed by atoms with Crippen molar-refractivity contribution >= 4 is 5.91 Å². The summed E-state index contributed by atoms with van der Waals surface area (Å²) in [6.07, 6.45) is 1.09. The van der Waals surface area contributed by atoms with E-state index in [-0.39, 0.29) is 11.9 Å². The number of carbonyl (C=O) groups is 1. The molecule has 1 amide bonds. The summed E-state index contributed by atoms with van der Waals surface area (Å²) in [5.41, 5.74) is 6.79. The summed E-state index contributed by atoms with van der Waals surface area (Å²) in [4.78, 5) is 11.6. The van der Waals surface area contributed by atoms with Gasteiger partial charge < -0.3 is 15.8 Å². The van der Waals surface area contributed by atoms with Gasteiger partial charge in [0, 0.05) is 12.6 Å². The van der Waals surface area contributed by atoms with Crippen molar-refractivity contribution in [3.8, 4) is 5.75 Å². The van der Waals surface area contributed by atoms with Gasteiger partial charge in [-0.1, -0.05) is 18.2 Å². The fourth-order valence-corrected chi connectivity index (χ4v) is 1.42. The van der Waals surface area contributed by atoms with Gasteiger partial charge in [-0.2, -0.15) is 0 Å². The Morgan fingerprint density at radius 3 is 2.56 bits per heavy atom. The van der Waals surface area contributed by atoms with E-state index in [1.165, 1.54) is 0 Å². The van der Waals surface area contributed by atoms with Crippen molar-refractivity contribution in [3.05, 3.63) is 42.5 Å². The monoisotopic (exact) mass is 248 g/mol. The van der Waals surface area contributed by atoms with Gasteiger partial charge in [0.15, 0.2) is 6.10 Å². The molecule has 18 heavy (non-hydrogen) atoms. The number of carbonyl (C=O) groups excluding carboxylic acids is 1. The summed E-state index contributed by atoms with van der Waals surface area (Å²) in [6, 6.07) is 7.42. The minimum absolute atomic E-state index is 0.00707. The maximum Gasteiger partial charge on any atom is 0.261 e. The van der Waals surface area contributed by atoms with Crippen LogP contribution in [0.5, 0.6) is 5.75 Å². The van der Waals surface area contributed by atoms with Crippen LogP contribution in [0.3, 0.4) is 0 Å². The molecule has 1 rings (SSSR count). The molecule has 0 spiro atoms. The first-order valence-corrected chi connectivity index (χ1v) is 5.95. The molecular formula is C14H20N2O2. The van der Waals surface area contributed by atoms with E-state index in [0.717, 1.165) is 5.56 Å². The van der Waals surface area contributed by atoms with Gasteiger partial charge in [0.25, 0.3) is 5.91 Å². The average molecular weight is 248 g/mol. The highest BCUT2D eigenvalue weighted by molar-refractivity contribution is 5.80. The third-order valence-corrected chi connectivity index (χ3v) is 2.51. The van der Waals surface area contributed by atoms with Crippen LogP contribution >= 0.6 is 0 Å². The topological polar surface area (TPSA) is 64.3 Å². The Bertz CT molecular complexity index is 399. The summed E-state index contributed by atoms with van der Waals surface area (Å²) in [7, 11) is 0. The van der Waals surface area contributed by atoms with Gasteiger partial charge in [-0.05, 0) is 31.5 Å². The molecule has 3 N–H and O–H groups in total. The smallest absolute Gasteiger partial charge is 0.261 e. The second-order valence-corrected chi connectivity index (χ2v) is 4.15. The van der Waals surface area contributed by atoms with Crippen LogP contribution in [0.4, 0.5) is 0 Å². The fourth-order valence-electron chi connectivity index (χ4n) is 1.42. The Kier molecular flexibility index (Phi) is 5.39. The first kappa shape index (κ1) is 14.3. The van der Waals surface area contributed by atoms with Crippen molar-refractivity contribution in [2.24, 2.45) is 5.73 Å². The second kappa shape index (κ2) is 6.81. The molecule has 0 saturated carbocycles. The largest absolute Gasteiger partial charge is 0.481 e. The van der Waals surface area contributed by atoms with E-state index in [9.17, 15) is 4.79 Å². The molecule has 0 aromatic heterocycles. The van der Waals surface area contributed by atoms with Crippen LogP contribution in [0.2, 0.25) is 0 Å². The molecule has 0 heterocycles. The number of hydrogen-bond acceptors (Lipinski definition) is 3. The zero-order valence-corrected chi connectivity index (χ0v) is 10.8. The summed E-state index contributed by atoms with van der Waals surface area (Å²) in [6.45, 7) is 7.60. The zero-order valence-electron chi connectivity index (χ0n) is 10.8. The van der Waals surface area contributed by atoms with E-state index in [0.29, 0.717) is 12.3 Å². The molecule has 4 nitrogen and oxygen atoms in total. The van der Waals surface area contributed by atoms with Crippen molar-refractivity contribution in [3.63, 3.8) is 0 Å². The lowest BCUT2D eigenvalue weighted by atomic mass is 10.1. The van der Waals surface area contributed by atoms with Gasteiger partial charge in [-0.15, -0.1) is 6.58 Å². The molecule has 0 radical (unpaired) electrons. The molecule has 1 aromatic rings. The minimum atomic E-state index is -0.536. The SMILES string of the molecule is C=CCNC(=O)C(C)Oc1ccc([C@H](C)N)cc1. The molecule has 0 saturated heterocycles. The van der Waals surface area contributed by atoms with Crippen molar-refractivity contribution < 1.29 is 9.53 Å². The first-order chi connectivity index (χ1) is 8.54. The van der Waals surface area contributed by atoms with Crippen molar-refractivity contribution in [2.75, 3.05) is 6.54 Å². The molecule has 0 fully saturated rings. The number of hydrogen-bond donors (Lipinski definition) is 2. The second-order valence-electron chi connectivity index (χ2n) is 4.15. The fraction of sp³-hybridized carbons (Fsp3) is 0.357. The lowest BCUT2D eigenvalue weighted by molar-refractivity contribution is -0.127. The molecule has 1 unspecified atom stereocenters. The van der Waals surface area contributed by atoms with E-state index in [1.807, 2.05) is 31.2 Å². The molecule has 0 aliphatic carbocycles. The third-order valence-electron chi connectivity index (χ3n) is 2.51. The Morgan fingerprint density at radius 2 is 2.06 bits per heavy atom. The first-order valence-electron chi connectivity index (χ1n) is 5.95. The van der Waals surface area contributed by atoms with E-state index in [4.69, 9.17) is 10.5 Å². The van der Waals surface area contributed by atoms with Gasteiger partial charge >= 0.3 is 0 Å². The molecule has 2 atom stereocenters. The van der Waals surface area contributed by atoms with Crippen LogP contribution < -0.4 is 15.8 Å². The quantitative estimate of drug-likeness (QED) is 0.754. The lowest BCUT2D eigenvalue weighted by Crippen LogP contribution is -2.36. The predicted molar refractivity (Wildman–Crippen MR) is 72.3 cm³/mol. The number of nitrogens with one attached hydrogen (secondary N) is 1. The summed E-state index contributed by atoms with van der Waals surface area (Å²) < 4.78 is 5.52. The van der Waals surface area contributed by atoms with Crippen LogP contribution in [0.15, 0.2) is 36.9 Å². The molecule has 0 bridgehead atoms. The van der Waals surface area contributed by atoms with Crippen LogP contribution in [-0.2, 0) is 4.79 Å². The van der Waals surface area contributed by atoms with Gasteiger partial charge in [0.2, 0.25) is 0 Å². The molecule has 0 aliphatic rings. The van der Waals surface area contributed by atoms with Crippen LogP contribution in [-0.4, -0.2) is 18.6 Å². The minimum Gasteiger partial charge on any atom is -0.481 e. The van der Waals surface area contributed by atoms with Crippen LogP contribution in [0, 0.1) is 0 Å². The van der Waals surface area contributed by atoms with Crippen molar-refractivity contribution in [1.29, 1.82) is 0 Å². The molecule has 0 aliphatic heterocycles. The van der Waals surface area contributed by atoms with Crippen LogP contribution in [0.1, 0.15) is 25.5 Å². The Balaban J connectivity index is 2.56. The number of benzene rings is 1. The number of amides is 1. The van der Waals surface area contributed by atoms with E-state index in [1.54, 1.807) is 13.0 Å². The highest BCUT2D eigenvalue weighted by Gasteiger charge is 2.13. The summed E-state index contributed by atoms with van der Waals surface area (Å²) in [5.74, 6) is 0.492. The molecule has 98 valence electrons. The Hall–Kier alpha value is -1.81. The third kappa shape index (κ3) is 4.22. The normalized spacial score (nSPS) is 13.5. The molecular weight excluding hydrogens is 228 g/mol. The lowest BCUT2D eigenvalue weighted by Gasteiger charge is -2.14. The number of rotatable bonds is 6. The Morgan fingerprint density at radius 1 is 1.44 bits per heavy atom. The summed E-state index contributed by atoms with van der Waals surface area (Å²) >= 11 is 0. The standard InChI is InChI=1S/C14H20N2O2/c1-4-9-16-14(17)11(3)18-13-7-5-12(6-8-13)10(2)15/h4-8,10-11H,1,9,15H2,2-3H3,(H,16,17)/t10-,11?/m0/s1. The average Bonchev–Trinajstić information content (AvgIpc) is 2.36. The zero-order chi connectivity index (χ0) is 13.5. The van der Waals surface area contributed by atoms with E-state index in [2.05, 4.69) is 11.9 Å².